The molecule has 0 saturated carbocycles. The van der Waals surface area contributed by atoms with Crippen molar-refractivity contribution in [2.24, 2.45) is 0 Å². The predicted molar refractivity (Wildman–Crippen MR) is 87.2 cm³/mol. The molecule has 1 fully saturated rings. The fraction of sp³-hybridized carbons (Fsp3) is 0.562. The molecular weight excluding hydrogens is 296 g/mol. The van der Waals surface area contributed by atoms with Crippen molar-refractivity contribution >= 4 is 11.9 Å². The van der Waals surface area contributed by atoms with Crippen molar-refractivity contribution in [1.29, 1.82) is 0 Å². The third-order valence-corrected chi connectivity index (χ3v) is 4.00. The summed E-state index contributed by atoms with van der Waals surface area (Å²) in [5.41, 5.74) is 1.99. The van der Waals surface area contributed by atoms with Crippen LogP contribution in [0.1, 0.15) is 36.1 Å². The van der Waals surface area contributed by atoms with E-state index < -0.39 is 0 Å². The molecule has 7 nitrogen and oxygen atoms in total. The Hall–Kier alpha value is -2.31. The van der Waals surface area contributed by atoms with Gasteiger partial charge in [0.25, 0.3) is 5.56 Å². The summed E-state index contributed by atoms with van der Waals surface area (Å²) in [5, 5.41) is 5.30. The zero-order chi connectivity index (χ0) is 16.8. The molecule has 2 rings (SSSR count). The molecule has 0 spiro atoms. The van der Waals surface area contributed by atoms with Crippen molar-refractivity contribution in [1.82, 2.24) is 20.5 Å². The number of carbonyl (C=O) groups excluding carboxylic acids is 2. The molecule has 2 heterocycles. The molecule has 1 aromatic rings. The number of hydrogen-bond donors (Lipinski definition) is 3. The minimum Gasteiger partial charge on any atom is -0.343 e. The number of urea groups is 1. The Morgan fingerprint density at radius 1 is 1.22 bits per heavy atom. The number of aryl methyl sites for hydroxylation is 2. The highest BCUT2D eigenvalue weighted by molar-refractivity contribution is 5.78. The molecule has 3 amide bonds. The van der Waals surface area contributed by atoms with Gasteiger partial charge in [-0.15, -0.1) is 0 Å². The van der Waals surface area contributed by atoms with Crippen LogP contribution in [-0.4, -0.2) is 41.5 Å². The molecule has 1 aliphatic heterocycles. The first-order valence-electron chi connectivity index (χ1n) is 7.96. The van der Waals surface area contributed by atoms with Crippen molar-refractivity contribution in [2.75, 3.05) is 19.6 Å². The maximum absolute atomic E-state index is 11.8. The molecule has 1 saturated heterocycles. The van der Waals surface area contributed by atoms with Crippen LogP contribution in [0, 0.1) is 13.8 Å². The lowest BCUT2D eigenvalue weighted by molar-refractivity contribution is -0.129. The maximum atomic E-state index is 11.8. The highest BCUT2D eigenvalue weighted by Crippen LogP contribution is 2.08. The number of H-pyrrole nitrogens is 1. The minimum atomic E-state index is -0.376. The van der Waals surface area contributed by atoms with E-state index in [0.717, 1.165) is 37.2 Å². The van der Waals surface area contributed by atoms with Gasteiger partial charge in [-0.05, 0) is 38.3 Å². The van der Waals surface area contributed by atoms with E-state index in [-0.39, 0.29) is 24.0 Å². The number of aromatic amines is 1. The third kappa shape index (κ3) is 4.84. The van der Waals surface area contributed by atoms with Crippen molar-refractivity contribution in [3.05, 3.63) is 33.2 Å². The van der Waals surface area contributed by atoms with Crippen LogP contribution in [-0.2, 0) is 11.3 Å². The molecule has 0 aliphatic carbocycles. The molecule has 23 heavy (non-hydrogen) atoms. The van der Waals surface area contributed by atoms with E-state index in [1.54, 1.807) is 0 Å². The molecule has 126 valence electrons. The van der Waals surface area contributed by atoms with Crippen molar-refractivity contribution in [3.8, 4) is 0 Å². The second-order valence-electron chi connectivity index (χ2n) is 5.89. The molecule has 3 N–H and O–H groups in total. The van der Waals surface area contributed by atoms with E-state index in [9.17, 15) is 14.4 Å². The van der Waals surface area contributed by atoms with Gasteiger partial charge in [-0.1, -0.05) is 0 Å². The number of likely N-dealkylation sites (tertiary alicyclic amines) is 1. The molecule has 0 aromatic carbocycles. The number of carbonyl (C=O) groups is 2. The molecule has 0 bridgehead atoms. The Balaban J connectivity index is 1.73. The molecule has 1 aliphatic rings. The average molecular weight is 320 g/mol. The zero-order valence-corrected chi connectivity index (χ0v) is 13.7. The average Bonchev–Trinajstić information content (AvgIpc) is 3.00. The van der Waals surface area contributed by atoms with Gasteiger partial charge in [0.1, 0.15) is 0 Å². The lowest BCUT2D eigenvalue weighted by Crippen LogP contribution is -2.39. The summed E-state index contributed by atoms with van der Waals surface area (Å²) in [6.45, 7) is 5.75. The van der Waals surface area contributed by atoms with Gasteiger partial charge in [-0.2, -0.15) is 0 Å². The van der Waals surface area contributed by atoms with Crippen LogP contribution in [0.15, 0.2) is 10.9 Å². The van der Waals surface area contributed by atoms with Gasteiger partial charge in [0.15, 0.2) is 0 Å². The number of aromatic nitrogens is 1. The first-order chi connectivity index (χ1) is 11.0. The monoisotopic (exact) mass is 320 g/mol. The van der Waals surface area contributed by atoms with Crippen LogP contribution < -0.4 is 16.2 Å². The number of amides is 3. The Bertz CT molecular complexity index is 633. The van der Waals surface area contributed by atoms with Crippen LogP contribution >= 0.6 is 0 Å². The van der Waals surface area contributed by atoms with Crippen LogP contribution in [0.3, 0.4) is 0 Å². The van der Waals surface area contributed by atoms with E-state index in [1.807, 2.05) is 24.8 Å². The highest BCUT2D eigenvalue weighted by atomic mass is 16.2. The summed E-state index contributed by atoms with van der Waals surface area (Å²) >= 11 is 0. The van der Waals surface area contributed by atoms with Crippen LogP contribution in [0.4, 0.5) is 4.79 Å². The molecule has 0 unspecified atom stereocenters. The third-order valence-electron chi connectivity index (χ3n) is 4.00. The van der Waals surface area contributed by atoms with E-state index in [4.69, 9.17) is 0 Å². The van der Waals surface area contributed by atoms with Gasteiger partial charge in [0.05, 0.1) is 6.54 Å². The number of rotatable bonds is 5. The van der Waals surface area contributed by atoms with Gasteiger partial charge in [-0.25, -0.2) is 4.79 Å². The van der Waals surface area contributed by atoms with Crippen LogP contribution in [0.2, 0.25) is 0 Å². The van der Waals surface area contributed by atoms with Crippen LogP contribution in [0.5, 0.6) is 0 Å². The fourth-order valence-corrected chi connectivity index (χ4v) is 2.74. The van der Waals surface area contributed by atoms with Crippen molar-refractivity contribution in [3.63, 3.8) is 0 Å². The van der Waals surface area contributed by atoms with E-state index in [0.29, 0.717) is 18.5 Å². The maximum Gasteiger partial charge on any atom is 0.315 e. The standard InChI is InChI=1S/C16H24N4O3/c1-11-9-12(2)19-15(22)13(11)10-18-16(23)17-6-5-14(21)20-7-3-4-8-20/h9H,3-8,10H2,1-2H3,(H,19,22)(H2,17,18,23). The van der Waals surface area contributed by atoms with Gasteiger partial charge >= 0.3 is 6.03 Å². The largest absolute Gasteiger partial charge is 0.343 e. The Morgan fingerprint density at radius 2 is 1.91 bits per heavy atom. The summed E-state index contributed by atoms with van der Waals surface area (Å²) in [6.07, 6.45) is 2.42. The van der Waals surface area contributed by atoms with Gasteiger partial charge < -0.3 is 20.5 Å². The van der Waals surface area contributed by atoms with Gasteiger partial charge in [0.2, 0.25) is 5.91 Å². The smallest absolute Gasteiger partial charge is 0.315 e. The Kier molecular flexibility index (Phi) is 5.78. The zero-order valence-electron chi connectivity index (χ0n) is 13.7. The number of hydrogen-bond acceptors (Lipinski definition) is 3. The van der Waals surface area contributed by atoms with Crippen LogP contribution in [0.25, 0.3) is 0 Å². The van der Waals surface area contributed by atoms with Gasteiger partial charge in [0, 0.05) is 37.3 Å². The highest BCUT2D eigenvalue weighted by Gasteiger charge is 2.17. The lowest BCUT2D eigenvalue weighted by atomic mass is 10.1. The van der Waals surface area contributed by atoms with E-state index in [1.165, 1.54) is 0 Å². The molecule has 7 heteroatoms. The molecule has 1 aromatic heterocycles. The Morgan fingerprint density at radius 3 is 2.57 bits per heavy atom. The molecule has 0 atom stereocenters. The normalized spacial score (nSPS) is 13.9. The molecule has 0 radical (unpaired) electrons. The second-order valence-corrected chi connectivity index (χ2v) is 5.89. The fourth-order valence-electron chi connectivity index (χ4n) is 2.74. The number of nitrogens with one attached hydrogen (secondary N) is 3. The molecular formula is C16H24N4O3. The summed E-state index contributed by atoms with van der Waals surface area (Å²) in [7, 11) is 0. The number of pyridine rings is 1. The van der Waals surface area contributed by atoms with Crippen molar-refractivity contribution < 1.29 is 9.59 Å². The lowest BCUT2D eigenvalue weighted by Gasteiger charge is -2.15. The summed E-state index contributed by atoms with van der Waals surface area (Å²) in [5.74, 6) is 0.0774. The van der Waals surface area contributed by atoms with E-state index >= 15 is 0 Å². The SMILES string of the molecule is Cc1cc(C)c(CNC(=O)NCCC(=O)N2CCCC2)c(=O)[nH]1. The number of nitrogens with zero attached hydrogens (tertiary/aromatic N) is 1. The first-order valence-corrected chi connectivity index (χ1v) is 7.96. The topological polar surface area (TPSA) is 94.3 Å². The summed E-state index contributed by atoms with van der Waals surface area (Å²) in [6, 6.07) is 1.49. The summed E-state index contributed by atoms with van der Waals surface area (Å²) < 4.78 is 0. The Labute approximate surface area is 135 Å². The second kappa shape index (κ2) is 7.80. The van der Waals surface area contributed by atoms with Gasteiger partial charge in [-0.3, -0.25) is 9.59 Å². The van der Waals surface area contributed by atoms with E-state index in [2.05, 4.69) is 15.6 Å². The first kappa shape index (κ1) is 17.1. The summed E-state index contributed by atoms with van der Waals surface area (Å²) in [4.78, 5) is 40.0. The van der Waals surface area contributed by atoms with Crippen molar-refractivity contribution in [2.45, 2.75) is 39.7 Å². The predicted octanol–water partition coefficient (Wildman–Crippen LogP) is 0.803. The quantitative estimate of drug-likeness (QED) is 0.749. The minimum absolute atomic E-state index is 0.0774.